The first-order valence-corrected chi connectivity index (χ1v) is 8.92. The highest BCUT2D eigenvalue weighted by Gasteiger charge is 2.12. The van der Waals surface area contributed by atoms with Crippen molar-refractivity contribution >= 4 is 22.8 Å². The smallest absolute Gasteiger partial charge is 0.250 e. The van der Waals surface area contributed by atoms with E-state index >= 15 is 0 Å². The highest BCUT2D eigenvalue weighted by molar-refractivity contribution is 6.04. The van der Waals surface area contributed by atoms with E-state index in [9.17, 15) is 9.59 Å². The number of aromatic nitrogens is 2. The number of benzene rings is 3. The number of aromatic amines is 1. The zero-order valence-electron chi connectivity index (χ0n) is 15.4. The van der Waals surface area contributed by atoms with Crippen LogP contribution in [0.4, 0.5) is 0 Å². The van der Waals surface area contributed by atoms with E-state index in [0.717, 1.165) is 16.6 Å². The predicted molar refractivity (Wildman–Crippen MR) is 109 cm³/mol. The zero-order chi connectivity index (χ0) is 20.4. The SMILES string of the molecule is NC(=O)c1ccc(COc2ccc(-c3nc4c(C(N)=O)cccc4[nH]3)cc2)cc1. The minimum absolute atomic E-state index is 0.366. The lowest BCUT2D eigenvalue weighted by molar-refractivity contribution is 0.0992. The number of hydrogen-bond acceptors (Lipinski definition) is 4. The molecule has 0 aliphatic carbocycles. The number of fused-ring (bicyclic) bond motifs is 1. The Balaban J connectivity index is 1.49. The van der Waals surface area contributed by atoms with Crippen molar-refractivity contribution < 1.29 is 14.3 Å². The van der Waals surface area contributed by atoms with E-state index in [1.807, 2.05) is 30.3 Å². The van der Waals surface area contributed by atoms with Crippen molar-refractivity contribution in [3.05, 3.63) is 83.4 Å². The summed E-state index contributed by atoms with van der Waals surface area (Å²) < 4.78 is 5.78. The summed E-state index contributed by atoms with van der Waals surface area (Å²) in [7, 11) is 0. The number of ether oxygens (including phenoxy) is 1. The van der Waals surface area contributed by atoms with E-state index in [0.29, 0.717) is 34.8 Å². The maximum atomic E-state index is 11.6. The standard InChI is InChI=1S/C22H18N4O3/c23-20(27)14-6-4-13(5-7-14)12-29-16-10-8-15(9-11-16)22-25-18-3-1-2-17(21(24)28)19(18)26-22/h1-11H,12H2,(H2,23,27)(H2,24,28)(H,25,26). The Labute approximate surface area is 166 Å². The van der Waals surface area contributed by atoms with Gasteiger partial charge in [0.05, 0.1) is 11.1 Å². The van der Waals surface area contributed by atoms with Crippen LogP contribution < -0.4 is 16.2 Å². The Morgan fingerprint density at radius 3 is 2.28 bits per heavy atom. The van der Waals surface area contributed by atoms with E-state index in [2.05, 4.69) is 9.97 Å². The Kier molecular flexibility index (Phi) is 4.70. The fourth-order valence-corrected chi connectivity index (χ4v) is 3.01. The summed E-state index contributed by atoms with van der Waals surface area (Å²) in [6, 6.07) is 19.7. The molecule has 7 heteroatoms. The van der Waals surface area contributed by atoms with Gasteiger partial charge in [0.25, 0.3) is 5.91 Å². The minimum atomic E-state index is -0.513. The number of nitrogens with one attached hydrogen (secondary N) is 1. The van der Waals surface area contributed by atoms with Crippen LogP contribution in [0.15, 0.2) is 66.7 Å². The van der Waals surface area contributed by atoms with Crippen LogP contribution in [0.5, 0.6) is 5.75 Å². The maximum Gasteiger partial charge on any atom is 0.250 e. The molecule has 0 radical (unpaired) electrons. The van der Waals surface area contributed by atoms with E-state index in [1.165, 1.54) is 0 Å². The third-order valence-corrected chi connectivity index (χ3v) is 4.55. The molecule has 1 heterocycles. The molecule has 144 valence electrons. The molecule has 0 bridgehead atoms. The van der Waals surface area contributed by atoms with Crippen LogP contribution in [0.25, 0.3) is 22.4 Å². The number of primary amides is 2. The van der Waals surface area contributed by atoms with Gasteiger partial charge >= 0.3 is 0 Å². The van der Waals surface area contributed by atoms with Gasteiger partial charge in [0.15, 0.2) is 0 Å². The number of nitrogens with zero attached hydrogens (tertiary/aromatic N) is 1. The van der Waals surface area contributed by atoms with Gasteiger partial charge in [-0.05, 0) is 54.1 Å². The van der Waals surface area contributed by atoms with Gasteiger partial charge in [-0.25, -0.2) is 4.98 Å². The van der Waals surface area contributed by atoms with Crippen molar-refractivity contribution in [2.75, 3.05) is 0 Å². The summed E-state index contributed by atoms with van der Waals surface area (Å²) >= 11 is 0. The Hall–Kier alpha value is -4.13. The van der Waals surface area contributed by atoms with Crippen molar-refractivity contribution in [3.63, 3.8) is 0 Å². The minimum Gasteiger partial charge on any atom is -0.489 e. The summed E-state index contributed by atoms with van der Waals surface area (Å²) in [6.45, 7) is 0.366. The molecule has 0 spiro atoms. The number of amides is 2. The molecule has 0 aliphatic heterocycles. The van der Waals surface area contributed by atoms with Crippen LogP contribution in [0.1, 0.15) is 26.3 Å². The highest BCUT2D eigenvalue weighted by atomic mass is 16.5. The van der Waals surface area contributed by atoms with Crippen LogP contribution >= 0.6 is 0 Å². The van der Waals surface area contributed by atoms with Crippen LogP contribution in [0.3, 0.4) is 0 Å². The second-order valence-corrected chi connectivity index (χ2v) is 6.53. The molecule has 0 aliphatic rings. The Morgan fingerprint density at radius 1 is 0.897 bits per heavy atom. The quantitative estimate of drug-likeness (QED) is 0.471. The molecular weight excluding hydrogens is 368 g/mol. The van der Waals surface area contributed by atoms with Crippen LogP contribution in [-0.4, -0.2) is 21.8 Å². The third-order valence-electron chi connectivity index (χ3n) is 4.55. The normalized spacial score (nSPS) is 10.8. The van der Waals surface area contributed by atoms with Crippen molar-refractivity contribution in [1.82, 2.24) is 9.97 Å². The number of carbonyl (C=O) groups is 2. The van der Waals surface area contributed by atoms with E-state index < -0.39 is 11.8 Å². The maximum absolute atomic E-state index is 11.6. The van der Waals surface area contributed by atoms with Crippen LogP contribution in [-0.2, 0) is 6.61 Å². The van der Waals surface area contributed by atoms with Gasteiger partial charge in [0.2, 0.25) is 5.91 Å². The molecule has 5 N–H and O–H groups in total. The average molecular weight is 386 g/mol. The van der Waals surface area contributed by atoms with Crippen molar-refractivity contribution in [1.29, 1.82) is 0 Å². The van der Waals surface area contributed by atoms with E-state index in [4.69, 9.17) is 16.2 Å². The van der Waals surface area contributed by atoms with Gasteiger partial charge in [0.1, 0.15) is 23.7 Å². The predicted octanol–water partition coefficient (Wildman–Crippen LogP) is 3.01. The molecule has 2 amide bonds. The largest absolute Gasteiger partial charge is 0.489 e. The lowest BCUT2D eigenvalue weighted by atomic mass is 10.1. The monoisotopic (exact) mass is 386 g/mol. The zero-order valence-corrected chi connectivity index (χ0v) is 15.4. The molecule has 1 aromatic heterocycles. The second-order valence-electron chi connectivity index (χ2n) is 6.53. The number of H-pyrrole nitrogens is 1. The first-order chi connectivity index (χ1) is 14.0. The fourth-order valence-electron chi connectivity index (χ4n) is 3.01. The van der Waals surface area contributed by atoms with Gasteiger partial charge in [-0.2, -0.15) is 0 Å². The van der Waals surface area contributed by atoms with E-state index in [1.54, 1.807) is 36.4 Å². The van der Waals surface area contributed by atoms with Gasteiger partial charge in [-0.15, -0.1) is 0 Å². The first-order valence-electron chi connectivity index (χ1n) is 8.92. The topological polar surface area (TPSA) is 124 Å². The Bertz CT molecular complexity index is 1200. The number of imidazole rings is 1. The third kappa shape index (κ3) is 3.79. The van der Waals surface area contributed by atoms with Gasteiger partial charge in [-0.3, -0.25) is 9.59 Å². The van der Waals surface area contributed by atoms with Crippen molar-refractivity contribution in [2.24, 2.45) is 11.5 Å². The first kappa shape index (κ1) is 18.2. The molecule has 3 aromatic carbocycles. The molecule has 0 unspecified atom stereocenters. The van der Waals surface area contributed by atoms with Gasteiger partial charge in [0, 0.05) is 11.1 Å². The summed E-state index contributed by atoms with van der Waals surface area (Å²) in [6.07, 6.45) is 0. The number of carbonyl (C=O) groups excluding carboxylic acids is 2. The number of rotatable bonds is 6. The van der Waals surface area contributed by atoms with Gasteiger partial charge in [-0.1, -0.05) is 18.2 Å². The molecule has 0 atom stereocenters. The molecule has 4 rings (SSSR count). The fraction of sp³-hybridized carbons (Fsp3) is 0.0455. The molecule has 29 heavy (non-hydrogen) atoms. The number of nitrogens with two attached hydrogens (primary N) is 2. The van der Waals surface area contributed by atoms with E-state index in [-0.39, 0.29) is 0 Å². The molecule has 7 nitrogen and oxygen atoms in total. The molecule has 4 aromatic rings. The lowest BCUT2D eigenvalue weighted by Crippen LogP contribution is -2.11. The molecule has 0 saturated carbocycles. The lowest BCUT2D eigenvalue weighted by Gasteiger charge is -2.07. The number of hydrogen-bond donors (Lipinski definition) is 3. The molecule has 0 fully saturated rings. The summed E-state index contributed by atoms with van der Waals surface area (Å²) in [5.41, 5.74) is 14.6. The summed E-state index contributed by atoms with van der Waals surface area (Å²) in [5.74, 6) is 0.367. The van der Waals surface area contributed by atoms with Crippen molar-refractivity contribution in [2.45, 2.75) is 6.61 Å². The highest BCUT2D eigenvalue weighted by Crippen LogP contribution is 2.25. The second kappa shape index (κ2) is 7.47. The summed E-state index contributed by atoms with van der Waals surface area (Å²) in [4.78, 5) is 30.4. The molecule has 0 saturated heterocycles. The molecular formula is C22H18N4O3. The van der Waals surface area contributed by atoms with Gasteiger partial charge < -0.3 is 21.2 Å². The summed E-state index contributed by atoms with van der Waals surface area (Å²) in [5, 5.41) is 0. The van der Waals surface area contributed by atoms with Crippen LogP contribution in [0.2, 0.25) is 0 Å². The van der Waals surface area contributed by atoms with Crippen molar-refractivity contribution in [3.8, 4) is 17.1 Å². The van der Waals surface area contributed by atoms with Crippen LogP contribution in [0, 0.1) is 0 Å². The average Bonchev–Trinajstić information content (AvgIpc) is 3.17. The number of para-hydroxylation sites is 1. The Morgan fingerprint density at radius 2 is 1.62 bits per heavy atom.